The van der Waals surface area contributed by atoms with Crippen molar-refractivity contribution in [3.8, 4) is 6.07 Å². The van der Waals surface area contributed by atoms with E-state index < -0.39 is 5.91 Å². The number of hydrogen-bond acceptors (Lipinski definition) is 3. The van der Waals surface area contributed by atoms with E-state index in [4.69, 9.17) is 11.8 Å². The summed E-state index contributed by atoms with van der Waals surface area (Å²) in [4.78, 5) is 29.4. The number of nitrogens with zero attached hydrogens (tertiary/aromatic N) is 3. The molecule has 0 saturated carbocycles. The van der Waals surface area contributed by atoms with E-state index in [0.29, 0.717) is 29.9 Å². The first-order valence-corrected chi connectivity index (χ1v) is 7.71. The molecule has 25 heavy (non-hydrogen) atoms. The summed E-state index contributed by atoms with van der Waals surface area (Å²) in [5.74, 6) is -0.679. The molecule has 2 aromatic rings. The fourth-order valence-electron chi connectivity index (χ4n) is 2.79. The van der Waals surface area contributed by atoms with Crippen LogP contribution in [0.25, 0.3) is 4.85 Å². The Kier molecular flexibility index (Phi) is 4.45. The minimum absolute atomic E-state index is 0.260. The van der Waals surface area contributed by atoms with Crippen LogP contribution in [-0.2, 0) is 16.0 Å². The molecule has 1 N–H and O–H groups in total. The van der Waals surface area contributed by atoms with E-state index in [2.05, 4.69) is 16.2 Å². The Balaban J connectivity index is 1.64. The van der Waals surface area contributed by atoms with E-state index >= 15 is 0 Å². The first-order chi connectivity index (χ1) is 12.1. The van der Waals surface area contributed by atoms with Crippen LogP contribution in [0.2, 0.25) is 0 Å². The molecule has 0 saturated heterocycles. The first kappa shape index (κ1) is 16.2. The summed E-state index contributed by atoms with van der Waals surface area (Å²) < 4.78 is 0. The third kappa shape index (κ3) is 3.49. The summed E-state index contributed by atoms with van der Waals surface area (Å²) in [7, 11) is 0. The Labute approximate surface area is 145 Å². The normalized spacial score (nSPS) is 12.0. The SMILES string of the molecule is [C-]#[N+]c1ccc(NC(=O)CC(=O)N2CCc3cc(C#N)ccc32)cc1. The van der Waals surface area contributed by atoms with E-state index in [1.165, 1.54) is 0 Å². The van der Waals surface area contributed by atoms with Crippen LogP contribution in [-0.4, -0.2) is 18.4 Å². The topological polar surface area (TPSA) is 77.6 Å². The summed E-state index contributed by atoms with van der Waals surface area (Å²) in [6.07, 6.45) is 0.417. The fourth-order valence-corrected chi connectivity index (χ4v) is 2.79. The van der Waals surface area contributed by atoms with Gasteiger partial charge in [-0.15, -0.1) is 0 Å². The minimum atomic E-state index is -0.400. The van der Waals surface area contributed by atoms with Crippen LogP contribution < -0.4 is 10.2 Å². The predicted molar refractivity (Wildman–Crippen MR) is 93.2 cm³/mol. The number of rotatable bonds is 3. The third-order valence-electron chi connectivity index (χ3n) is 4.00. The van der Waals surface area contributed by atoms with Gasteiger partial charge in [-0.1, -0.05) is 12.1 Å². The molecule has 0 atom stereocenters. The molecule has 6 nitrogen and oxygen atoms in total. The minimum Gasteiger partial charge on any atom is -0.326 e. The van der Waals surface area contributed by atoms with Crippen molar-refractivity contribution in [3.63, 3.8) is 0 Å². The molecule has 0 aromatic heterocycles. The molecule has 0 unspecified atom stereocenters. The summed E-state index contributed by atoms with van der Waals surface area (Å²) in [6.45, 7) is 7.41. The zero-order chi connectivity index (χ0) is 17.8. The van der Waals surface area contributed by atoms with E-state index in [0.717, 1.165) is 11.3 Å². The van der Waals surface area contributed by atoms with E-state index in [1.54, 1.807) is 47.4 Å². The van der Waals surface area contributed by atoms with E-state index in [1.807, 2.05) is 0 Å². The molecule has 1 heterocycles. The molecule has 0 spiro atoms. The molecular weight excluding hydrogens is 316 g/mol. The summed E-state index contributed by atoms with van der Waals surface area (Å²) in [5.41, 5.74) is 3.31. The molecule has 2 amide bonds. The van der Waals surface area contributed by atoms with Crippen LogP contribution in [0.4, 0.5) is 17.1 Å². The Morgan fingerprint density at radius 3 is 2.68 bits per heavy atom. The zero-order valence-corrected chi connectivity index (χ0v) is 13.3. The van der Waals surface area contributed by atoms with Crippen molar-refractivity contribution < 1.29 is 9.59 Å². The molecule has 0 fully saturated rings. The van der Waals surface area contributed by atoms with Crippen molar-refractivity contribution in [1.29, 1.82) is 5.26 Å². The molecule has 122 valence electrons. The average molecular weight is 330 g/mol. The second kappa shape index (κ2) is 6.86. The number of carbonyl (C=O) groups is 2. The van der Waals surface area contributed by atoms with Crippen molar-refractivity contribution in [2.45, 2.75) is 12.8 Å². The maximum absolute atomic E-state index is 12.4. The van der Waals surface area contributed by atoms with Gasteiger partial charge in [0, 0.05) is 17.9 Å². The van der Waals surface area contributed by atoms with Crippen molar-refractivity contribution in [1.82, 2.24) is 0 Å². The van der Waals surface area contributed by atoms with Crippen LogP contribution in [0.15, 0.2) is 42.5 Å². The number of anilines is 2. The molecule has 1 aliphatic heterocycles. The number of amides is 2. The zero-order valence-electron chi connectivity index (χ0n) is 13.3. The maximum atomic E-state index is 12.4. The van der Waals surface area contributed by atoms with E-state index in [9.17, 15) is 9.59 Å². The molecular formula is C19H14N4O2. The highest BCUT2D eigenvalue weighted by molar-refractivity contribution is 6.09. The van der Waals surface area contributed by atoms with Gasteiger partial charge in [-0.05, 0) is 42.3 Å². The van der Waals surface area contributed by atoms with Crippen LogP contribution >= 0.6 is 0 Å². The lowest BCUT2D eigenvalue weighted by atomic mass is 10.1. The van der Waals surface area contributed by atoms with Gasteiger partial charge in [-0.3, -0.25) is 9.59 Å². The highest BCUT2D eigenvalue weighted by Crippen LogP contribution is 2.29. The van der Waals surface area contributed by atoms with Crippen LogP contribution in [0.3, 0.4) is 0 Å². The third-order valence-corrected chi connectivity index (χ3v) is 4.00. The second-order valence-electron chi connectivity index (χ2n) is 5.63. The highest BCUT2D eigenvalue weighted by atomic mass is 16.2. The van der Waals surface area contributed by atoms with Gasteiger partial charge in [-0.2, -0.15) is 5.26 Å². The summed E-state index contributed by atoms with van der Waals surface area (Å²) in [6, 6.07) is 13.8. The quantitative estimate of drug-likeness (QED) is 0.694. The standard InChI is InChI=1S/C19H14N4O2/c1-21-15-3-5-16(6-4-15)22-18(24)11-19(25)23-9-8-14-10-13(12-20)2-7-17(14)23/h2-7,10H,8-9,11H2,(H,22,24). The van der Waals surface area contributed by atoms with E-state index in [-0.39, 0.29) is 12.3 Å². The van der Waals surface area contributed by atoms with Crippen molar-refractivity contribution in [2.24, 2.45) is 0 Å². The van der Waals surface area contributed by atoms with Gasteiger partial charge < -0.3 is 10.2 Å². The number of carbonyl (C=O) groups excluding carboxylic acids is 2. The molecule has 0 radical (unpaired) electrons. The van der Waals surface area contributed by atoms with Gasteiger partial charge in [0.2, 0.25) is 11.8 Å². The Bertz CT molecular complexity index is 920. The molecule has 3 rings (SSSR count). The number of nitriles is 1. The van der Waals surface area contributed by atoms with Crippen molar-refractivity contribution in [2.75, 3.05) is 16.8 Å². The highest BCUT2D eigenvalue weighted by Gasteiger charge is 2.26. The lowest BCUT2D eigenvalue weighted by Crippen LogP contribution is -2.32. The van der Waals surface area contributed by atoms with Gasteiger partial charge in [-0.25, -0.2) is 4.85 Å². The second-order valence-corrected chi connectivity index (χ2v) is 5.63. The summed E-state index contributed by atoms with van der Waals surface area (Å²) in [5, 5.41) is 11.6. The lowest BCUT2D eigenvalue weighted by molar-refractivity contribution is -0.125. The van der Waals surface area contributed by atoms with Crippen molar-refractivity contribution in [3.05, 3.63) is 65.0 Å². The van der Waals surface area contributed by atoms with Crippen LogP contribution in [0.5, 0.6) is 0 Å². The van der Waals surface area contributed by atoms with Gasteiger partial charge in [0.15, 0.2) is 5.69 Å². The Morgan fingerprint density at radius 2 is 2.00 bits per heavy atom. The Morgan fingerprint density at radius 1 is 1.24 bits per heavy atom. The van der Waals surface area contributed by atoms with Gasteiger partial charge >= 0.3 is 0 Å². The molecule has 6 heteroatoms. The maximum Gasteiger partial charge on any atom is 0.236 e. The predicted octanol–water partition coefficient (Wildman–Crippen LogP) is 3.03. The smallest absolute Gasteiger partial charge is 0.236 e. The van der Waals surface area contributed by atoms with Gasteiger partial charge in [0.25, 0.3) is 0 Å². The van der Waals surface area contributed by atoms with Crippen molar-refractivity contribution >= 4 is 28.9 Å². The summed E-state index contributed by atoms with van der Waals surface area (Å²) >= 11 is 0. The average Bonchev–Trinajstić information content (AvgIpc) is 3.05. The first-order valence-electron chi connectivity index (χ1n) is 7.71. The van der Waals surface area contributed by atoms with Crippen LogP contribution in [0, 0.1) is 17.9 Å². The Hall–Kier alpha value is -3.64. The monoisotopic (exact) mass is 330 g/mol. The van der Waals surface area contributed by atoms with Gasteiger partial charge in [0.05, 0.1) is 18.2 Å². The fraction of sp³-hybridized carbons (Fsp3) is 0.158. The lowest BCUT2D eigenvalue weighted by Gasteiger charge is -2.17. The van der Waals surface area contributed by atoms with Crippen LogP contribution in [0.1, 0.15) is 17.5 Å². The largest absolute Gasteiger partial charge is 0.326 e. The molecule has 2 aromatic carbocycles. The van der Waals surface area contributed by atoms with Gasteiger partial charge in [0.1, 0.15) is 6.42 Å². The number of nitrogens with one attached hydrogen (secondary N) is 1. The molecule has 0 bridgehead atoms. The molecule has 0 aliphatic carbocycles. The molecule has 1 aliphatic rings. The number of benzene rings is 2. The number of hydrogen-bond donors (Lipinski definition) is 1. The number of fused-ring (bicyclic) bond motifs is 1.